The molecule has 1 saturated heterocycles. The molecule has 2 atom stereocenters. The lowest BCUT2D eigenvalue weighted by atomic mass is 10.0. The molecular weight excluding hydrogens is 238 g/mol. The molecule has 1 heterocycles. The van der Waals surface area contributed by atoms with Gasteiger partial charge in [0.1, 0.15) is 0 Å². The predicted octanol–water partition coefficient (Wildman–Crippen LogP) is 1.75. The average Bonchev–Trinajstić information content (AvgIpc) is 2.43. The summed E-state index contributed by atoms with van der Waals surface area (Å²) in [5, 5.41) is 6.48. The van der Waals surface area contributed by atoms with Crippen molar-refractivity contribution in [1.29, 1.82) is 0 Å². The first-order valence-corrected chi connectivity index (χ1v) is 7.82. The van der Waals surface area contributed by atoms with E-state index in [2.05, 4.69) is 36.4 Å². The predicted molar refractivity (Wildman–Crippen MR) is 80.2 cm³/mol. The first-order chi connectivity index (χ1) is 9.08. The molecule has 0 bridgehead atoms. The summed E-state index contributed by atoms with van der Waals surface area (Å²) in [6.45, 7) is 8.28. The maximum atomic E-state index is 12.0. The lowest BCUT2D eigenvalue weighted by Crippen LogP contribution is -2.50. The summed E-state index contributed by atoms with van der Waals surface area (Å²) in [4.78, 5) is 14.4. The number of likely N-dealkylation sites (N-methyl/N-ethyl adjacent to an activating group) is 1. The highest BCUT2D eigenvalue weighted by molar-refractivity contribution is 5.81. The third-order valence-electron chi connectivity index (χ3n) is 4.31. The van der Waals surface area contributed by atoms with E-state index in [-0.39, 0.29) is 11.9 Å². The van der Waals surface area contributed by atoms with Crippen molar-refractivity contribution in [3.63, 3.8) is 0 Å². The van der Waals surface area contributed by atoms with Crippen molar-refractivity contribution in [1.82, 2.24) is 15.5 Å². The Morgan fingerprint density at radius 1 is 1.32 bits per heavy atom. The molecule has 1 fully saturated rings. The fourth-order valence-corrected chi connectivity index (χ4v) is 2.63. The van der Waals surface area contributed by atoms with Gasteiger partial charge in [-0.05, 0) is 46.2 Å². The van der Waals surface area contributed by atoms with Gasteiger partial charge in [-0.15, -0.1) is 0 Å². The number of hydrogen-bond acceptors (Lipinski definition) is 3. The van der Waals surface area contributed by atoms with Crippen molar-refractivity contribution >= 4 is 5.91 Å². The minimum absolute atomic E-state index is 0.101. The van der Waals surface area contributed by atoms with E-state index < -0.39 is 0 Å². The van der Waals surface area contributed by atoms with Crippen molar-refractivity contribution in [3.05, 3.63) is 0 Å². The number of likely N-dealkylation sites (tertiary alicyclic amines) is 1. The van der Waals surface area contributed by atoms with E-state index in [0.29, 0.717) is 12.1 Å². The summed E-state index contributed by atoms with van der Waals surface area (Å²) >= 11 is 0. The van der Waals surface area contributed by atoms with Gasteiger partial charge in [-0.3, -0.25) is 4.79 Å². The van der Waals surface area contributed by atoms with Gasteiger partial charge in [0.2, 0.25) is 5.91 Å². The number of hydrogen-bond donors (Lipinski definition) is 2. The number of carbonyl (C=O) groups is 1. The van der Waals surface area contributed by atoms with Crippen LogP contribution in [0.5, 0.6) is 0 Å². The molecule has 0 aromatic heterocycles. The molecule has 112 valence electrons. The minimum atomic E-state index is -0.101. The van der Waals surface area contributed by atoms with Gasteiger partial charge in [0.25, 0.3) is 0 Å². The number of nitrogens with one attached hydrogen (secondary N) is 2. The maximum Gasteiger partial charge on any atom is 0.237 e. The maximum absolute atomic E-state index is 12.0. The molecule has 4 nitrogen and oxygen atoms in total. The van der Waals surface area contributed by atoms with Gasteiger partial charge < -0.3 is 15.5 Å². The van der Waals surface area contributed by atoms with Gasteiger partial charge >= 0.3 is 0 Å². The van der Waals surface area contributed by atoms with Crippen LogP contribution in [-0.4, -0.2) is 49.1 Å². The highest BCUT2D eigenvalue weighted by Crippen LogP contribution is 2.14. The third-order valence-corrected chi connectivity index (χ3v) is 4.31. The second-order valence-corrected chi connectivity index (χ2v) is 5.78. The Kier molecular flexibility index (Phi) is 7.39. The normalized spacial score (nSPS) is 22.5. The lowest BCUT2D eigenvalue weighted by molar-refractivity contribution is -0.123. The van der Waals surface area contributed by atoms with Crippen molar-refractivity contribution < 1.29 is 4.79 Å². The van der Waals surface area contributed by atoms with Crippen molar-refractivity contribution in [2.45, 2.75) is 71.0 Å². The molecule has 4 heteroatoms. The quantitative estimate of drug-likeness (QED) is 0.740. The van der Waals surface area contributed by atoms with Gasteiger partial charge in [0.05, 0.1) is 6.04 Å². The minimum Gasteiger partial charge on any atom is -0.352 e. The topological polar surface area (TPSA) is 44.4 Å². The molecule has 1 aliphatic heterocycles. The van der Waals surface area contributed by atoms with E-state index in [1.54, 1.807) is 0 Å². The molecule has 1 rings (SSSR count). The smallest absolute Gasteiger partial charge is 0.237 e. The van der Waals surface area contributed by atoms with E-state index in [4.69, 9.17) is 0 Å². The van der Waals surface area contributed by atoms with E-state index in [0.717, 1.165) is 19.4 Å². The average molecular weight is 269 g/mol. The summed E-state index contributed by atoms with van der Waals surface area (Å²) in [6.07, 6.45) is 5.85. The van der Waals surface area contributed by atoms with E-state index in [1.807, 2.05) is 6.92 Å². The highest BCUT2D eigenvalue weighted by Gasteiger charge is 2.21. The summed E-state index contributed by atoms with van der Waals surface area (Å²) in [5.74, 6) is 0.132. The van der Waals surface area contributed by atoms with Gasteiger partial charge in [-0.1, -0.05) is 20.3 Å². The van der Waals surface area contributed by atoms with Gasteiger partial charge in [0.15, 0.2) is 0 Å². The summed E-state index contributed by atoms with van der Waals surface area (Å²) in [7, 11) is 2.18. The third kappa shape index (κ3) is 5.49. The SMILES string of the molecule is CCC(CC)NC(=O)C(C)NCC1CCCCN1C. The van der Waals surface area contributed by atoms with Crippen LogP contribution in [0.1, 0.15) is 52.9 Å². The van der Waals surface area contributed by atoms with Crippen molar-refractivity contribution in [2.75, 3.05) is 20.1 Å². The van der Waals surface area contributed by atoms with Crippen LogP contribution in [0.25, 0.3) is 0 Å². The largest absolute Gasteiger partial charge is 0.352 e. The van der Waals surface area contributed by atoms with Gasteiger partial charge in [-0.25, -0.2) is 0 Å². The van der Waals surface area contributed by atoms with Crippen LogP contribution >= 0.6 is 0 Å². The Bertz CT molecular complexity index is 266. The zero-order valence-corrected chi connectivity index (χ0v) is 13.0. The molecule has 1 aliphatic rings. The molecule has 0 aromatic carbocycles. The van der Waals surface area contributed by atoms with Crippen LogP contribution in [-0.2, 0) is 4.79 Å². The van der Waals surface area contributed by atoms with Crippen LogP contribution in [0.15, 0.2) is 0 Å². The van der Waals surface area contributed by atoms with Crippen molar-refractivity contribution in [3.8, 4) is 0 Å². The first-order valence-electron chi connectivity index (χ1n) is 7.82. The zero-order chi connectivity index (χ0) is 14.3. The Morgan fingerprint density at radius 3 is 2.58 bits per heavy atom. The highest BCUT2D eigenvalue weighted by atomic mass is 16.2. The van der Waals surface area contributed by atoms with Crippen LogP contribution in [0.3, 0.4) is 0 Å². The van der Waals surface area contributed by atoms with E-state index >= 15 is 0 Å². The number of piperidine rings is 1. The molecule has 0 aliphatic carbocycles. The molecule has 2 N–H and O–H groups in total. The second-order valence-electron chi connectivity index (χ2n) is 5.78. The summed E-state index contributed by atoms with van der Waals surface area (Å²) in [5.41, 5.74) is 0. The Morgan fingerprint density at radius 2 is 2.00 bits per heavy atom. The van der Waals surface area contributed by atoms with Crippen LogP contribution in [0.2, 0.25) is 0 Å². The number of rotatable bonds is 7. The van der Waals surface area contributed by atoms with Gasteiger partial charge in [0, 0.05) is 18.6 Å². The molecule has 19 heavy (non-hydrogen) atoms. The van der Waals surface area contributed by atoms with Crippen molar-refractivity contribution in [2.24, 2.45) is 0 Å². The van der Waals surface area contributed by atoms with Gasteiger partial charge in [-0.2, -0.15) is 0 Å². The zero-order valence-electron chi connectivity index (χ0n) is 13.0. The second kappa shape index (κ2) is 8.54. The number of amides is 1. The molecule has 1 amide bonds. The Hall–Kier alpha value is -0.610. The fourth-order valence-electron chi connectivity index (χ4n) is 2.63. The monoisotopic (exact) mass is 269 g/mol. The molecule has 0 spiro atoms. The molecule has 0 aromatic rings. The van der Waals surface area contributed by atoms with E-state index in [9.17, 15) is 4.79 Å². The molecular formula is C15H31N3O. The standard InChI is InChI=1S/C15H31N3O/c1-5-13(6-2)17-15(19)12(3)16-11-14-9-7-8-10-18(14)4/h12-14,16H,5-11H2,1-4H3,(H,17,19). The van der Waals surface area contributed by atoms with Crippen LogP contribution in [0, 0.1) is 0 Å². The molecule has 2 unspecified atom stereocenters. The Balaban J connectivity index is 2.29. The number of carbonyl (C=O) groups excluding carboxylic acids is 1. The first kappa shape index (κ1) is 16.4. The van der Waals surface area contributed by atoms with Crippen LogP contribution in [0.4, 0.5) is 0 Å². The molecule has 0 radical (unpaired) electrons. The van der Waals surface area contributed by atoms with E-state index in [1.165, 1.54) is 25.8 Å². The summed E-state index contributed by atoms with van der Waals surface area (Å²) in [6, 6.07) is 0.794. The Labute approximate surface area is 118 Å². The van der Waals surface area contributed by atoms with Crippen LogP contribution < -0.4 is 10.6 Å². The fraction of sp³-hybridized carbons (Fsp3) is 0.933. The summed E-state index contributed by atoms with van der Waals surface area (Å²) < 4.78 is 0. The molecule has 0 saturated carbocycles. The number of nitrogens with zero attached hydrogens (tertiary/aromatic N) is 1. The lowest BCUT2D eigenvalue weighted by Gasteiger charge is -2.33.